The summed E-state index contributed by atoms with van der Waals surface area (Å²) in [4.78, 5) is 14.5. The number of carbonyl (C=O) groups excluding carboxylic acids is 1. The second-order valence-electron chi connectivity index (χ2n) is 6.22. The Balaban J connectivity index is 1.81. The second-order valence-corrected chi connectivity index (χ2v) is 6.22. The summed E-state index contributed by atoms with van der Waals surface area (Å²) in [5, 5.41) is 3.40. The third kappa shape index (κ3) is 2.95. The quantitative estimate of drug-likeness (QED) is 0.923. The average molecular weight is 290 g/mol. The third-order valence-electron chi connectivity index (χ3n) is 4.78. The van der Waals surface area contributed by atoms with E-state index in [1.54, 1.807) is 12.1 Å². The van der Waals surface area contributed by atoms with E-state index in [0.29, 0.717) is 5.92 Å². The number of halogens is 1. The summed E-state index contributed by atoms with van der Waals surface area (Å²) in [7, 11) is 0. The Labute approximate surface area is 125 Å². The van der Waals surface area contributed by atoms with Crippen LogP contribution in [-0.4, -0.2) is 23.4 Å². The third-order valence-corrected chi connectivity index (χ3v) is 4.78. The highest BCUT2D eigenvalue weighted by molar-refractivity contribution is 5.84. The van der Waals surface area contributed by atoms with E-state index in [1.165, 1.54) is 37.8 Å². The van der Waals surface area contributed by atoms with Crippen LogP contribution in [0.2, 0.25) is 0 Å². The Hall–Kier alpha value is -1.42. The van der Waals surface area contributed by atoms with Crippen LogP contribution in [0.15, 0.2) is 24.3 Å². The minimum atomic E-state index is -0.238. The minimum absolute atomic E-state index is 0.108. The molecule has 1 aromatic carbocycles. The van der Waals surface area contributed by atoms with Crippen molar-refractivity contribution in [2.75, 3.05) is 6.54 Å². The molecule has 2 atom stereocenters. The van der Waals surface area contributed by atoms with E-state index in [9.17, 15) is 9.18 Å². The number of amides is 1. The molecule has 1 aliphatic carbocycles. The lowest BCUT2D eigenvalue weighted by Crippen LogP contribution is -2.34. The predicted molar refractivity (Wildman–Crippen MR) is 80.0 cm³/mol. The summed E-state index contributed by atoms with van der Waals surface area (Å²) < 4.78 is 13.1. The zero-order valence-corrected chi connectivity index (χ0v) is 12.5. The van der Waals surface area contributed by atoms with Crippen LogP contribution >= 0.6 is 0 Å². The Kier molecular flexibility index (Phi) is 4.24. The molecule has 1 heterocycles. The van der Waals surface area contributed by atoms with Gasteiger partial charge in [-0.3, -0.25) is 10.1 Å². The van der Waals surface area contributed by atoms with Gasteiger partial charge in [-0.1, -0.05) is 31.9 Å². The first kappa shape index (κ1) is 14.5. The summed E-state index contributed by atoms with van der Waals surface area (Å²) in [6.07, 6.45) is 5.67. The molecule has 21 heavy (non-hydrogen) atoms. The molecule has 0 radical (unpaired) electrons. The molecular formula is C17H23FN2O. The van der Waals surface area contributed by atoms with Gasteiger partial charge < -0.3 is 4.90 Å². The van der Waals surface area contributed by atoms with Crippen LogP contribution < -0.4 is 5.32 Å². The van der Waals surface area contributed by atoms with E-state index in [-0.39, 0.29) is 23.9 Å². The van der Waals surface area contributed by atoms with Crippen LogP contribution in [0.3, 0.4) is 0 Å². The highest BCUT2D eigenvalue weighted by Crippen LogP contribution is 2.32. The van der Waals surface area contributed by atoms with Crippen LogP contribution in [0.4, 0.5) is 4.39 Å². The maximum absolute atomic E-state index is 13.1. The predicted octanol–water partition coefficient (Wildman–Crippen LogP) is 3.22. The molecule has 3 nitrogen and oxygen atoms in total. The molecule has 3 rings (SSSR count). The van der Waals surface area contributed by atoms with Crippen molar-refractivity contribution in [3.05, 3.63) is 35.6 Å². The number of rotatable bonds is 4. The van der Waals surface area contributed by atoms with E-state index in [2.05, 4.69) is 5.32 Å². The van der Waals surface area contributed by atoms with Gasteiger partial charge in [0.1, 0.15) is 12.0 Å². The largest absolute Gasteiger partial charge is 0.321 e. The van der Waals surface area contributed by atoms with Gasteiger partial charge in [0.05, 0.1) is 6.04 Å². The fourth-order valence-corrected chi connectivity index (χ4v) is 3.56. The maximum atomic E-state index is 13.1. The van der Waals surface area contributed by atoms with Crippen LogP contribution in [0.5, 0.6) is 0 Å². The fourth-order valence-electron chi connectivity index (χ4n) is 3.56. The number of hydrogen-bond donors (Lipinski definition) is 1. The van der Waals surface area contributed by atoms with Gasteiger partial charge in [-0.2, -0.15) is 0 Å². The molecule has 1 saturated heterocycles. The number of hydrogen-bond acceptors (Lipinski definition) is 2. The van der Waals surface area contributed by atoms with E-state index in [4.69, 9.17) is 0 Å². The Morgan fingerprint density at radius 3 is 2.52 bits per heavy atom. The van der Waals surface area contributed by atoms with Crippen molar-refractivity contribution in [3.63, 3.8) is 0 Å². The first-order chi connectivity index (χ1) is 10.2. The number of benzene rings is 1. The van der Waals surface area contributed by atoms with Crippen LogP contribution in [0.25, 0.3) is 0 Å². The summed E-state index contributed by atoms with van der Waals surface area (Å²) in [5.74, 6) is 0.575. The molecule has 4 heteroatoms. The summed E-state index contributed by atoms with van der Waals surface area (Å²) in [5.41, 5.74) is 0.971. The molecular weight excluding hydrogens is 267 g/mol. The van der Waals surface area contributed by atoms with Crippen LogP contribution in [-0.2, 0) is 4.79 Å². The molecule has 1 saturated carbocycles. The van der Waals surface area contributed by atoms with Crippen molar-refractivity contribution >= 4 is 5.91 Å². The number of carbonyl (C=O) groups is 1. The van der Waals surface area contributed by atoms with Gasteiger partial charge in [-0.15, -0.1) is 0 Å². The van der Waals surface area contributed by atoms with Gasteiger partial charge in [0.25, 0.3) is 0 Å². The fraction of sp³-hybridized carbons (Fsp3) is 0.588. The lowest BCUT2D eigenvalue weighted by Gasteiger charge is -2.27. The number of nitrogens with one attached hydrogen (secondary N) is 1. The molecule has 0 bridgehead atoms. The summed E-state index contributed by atoms with van der Waals surface area (Å²) in [6, 6.07) is 6.38. The van der Waals surface area contributed by atoms with Crippen molar-refractivity contribution < 1.29 is 9.18 Å². The van der Waals surface area contributed by atoms with Crippen LogP contribution in [0.1, 0.15) is 50.8 Å². The standard InChI is InChI=1S/C17H23FN2O/c1-2-15-17(21)20(11-12-5-3-4-6-12)16(19-15)13-7-9-14(18)10-8-13/h7-10,12,15-16,19H,2-6,11H2,1H3. The molecule has 0 spiro atoms. The first-order valence-corrected chi connectivity index (χ1v) is 8.01. The molecule has 1 N–H and O–H groups in total. The van der Waals surface area contributed by atoms with Crippen molar-refractivity contribution in [1.82, 2.24) is 10.2 Å². The summed E-state index contributed by atoms with van der Waals surface area (Å²) >= 11 is 0. The highest BCUT2D eigenvalue weighted by Gasteiger charge is 2.39. The Bertz CT molecular complexity index is 496. The second kappa shape index (κ2) is 6.14. The first-order valence-electron chi connectivity index (χ1n) is 8.01. The van der Waals surface area contributed by atoms with Gasteiger partial charge in [0.2, 0.25) is 5.91 Å². The Morgan fingerprint density at radius 2 is 1.90 bits per heavy atom. The SMILES string of the molecule is CCC1NC(c2ccc(F)cc2)N(CC2CCCC2)C1=O. The van der Waals surface area contributed by atoms with Gasteiger partial charge in [-0.05, 0) is 42.9 Å². The maximum Gasteiger partial charge on any atom is 0.241 e. The smallest absolute Gasteiger partial charge is 0.241 e. The topological polar surface area (TPSA) is 32.3 Å². The van der Waals surface area contributed by atoms with Gasteiger partial charge >= 0.3 is 0 Å². The van der Waals surface area contributed by atoms with Crippen molar-refractivity contribution in [1.29, 1.82) is 0 Å². The number of nitrogens with zero attached hydrogens (tertiary/aromatic N) is 1. The Morgan fingerprint density at radius 1 is 1.24 bits per heavy atom. The van der Waals surface area contributed by atoms with E-state index in [1.807, 2.05) is 11.8 Å². The molecule has 1 aliphatic heterocycles. The average Bonchev–Trinajstić information content (AvgIpc) is 3.10. The lowest BCUT2D eigenvalue weighted by atomic mass is 10.1. The monoisotopic (exact) mass is 290 g/mol. The van der Waals surface area contributed by atoms with Crippen molar-refractivity contribution in [2.24, 2.45) is 5.92 Å². The molecule has 114 valence electrons. The molecule has 1 amide bonds. The minimum Gasteiger partial charge on any atom is -0.321 e. The highest BCUT2D eigenvalue weighted by atomic mass is 19.1. The van der Waals surface area contributed by atoms with Crippen LogP contribution in [0, 0.1) is 11.7 Å². The van der Waals surface area contributed by atoms with Crippen molar-refractivity contribution in [3.8, 4) is 0 Å². The van der Waals surface area contributed by atoms with Gasteiger partial charge in [-0.25, -0.2) is 4.39 Å². The molecule has 0 aromatic heterocycles. The molecule has 2 aliphatic rings. The zero-order valence-electron chi connectivity index (χ0n) is 12.5. The normalized spacial score (nSPS) is 26.8. The van der Waals surface area contributed by atoms with E-state index in [0.717, 1.165) is 18.5 Å². The molecule has 2 unspecified atom stereocenters. The molecule has 1 aromatic rings. The van der Waals surface area contributed by atoms with Crippen molar-refractivity contribution in [2.45, 2.75) is 51.2 Å². The van der Waals surface area contributed by atoms with Gasteiger partial charge in [0, 0.05) is 6.54 Å². The van der Waals surface area contributed by atoms with E-state index < -0.39 is 0 Å². The van der Waals surface area contributed by atoms with E-state index >= 15 is 0 Å². The summed E-state index contributed by atoms with van der Waals surface area (Å²) in [6.45, 7) is 2.85. The molecule has 2 fully saturated rings. The van der Waals surface area contributed by atoms with Gasteiger partial charge in [0.15, 0.2) is 0 Å². The lowest BCUT2D eigenvalue weighted by molar-refractivity contribution is -0.130. The zero-order chi connectivity index (χ0) is 14.8.